The lowest BCUT2D eigenvalue weighted by atomic mass is 9.96. The molecule has 1 unspecified atom stereocenters. The predicted octanol–water partition coefficient (Wildman–Crippen LogP) is -4.17. The molecule has 0 rings (SSSR count). The Morgan fingerprint density at radius 3 is 1.83 bits per heavy atom. The highest BCUT2D eigenvalue weighted by Crippen LogP contribution is 2.12. The molecule has 0 aliphatic carbocycles. The quantitative estimate of drug-likeness (QED) is 0.215. The van der Waals surface area contributed by atoms with Crippen LogP contribution >= 0.6 is 0 Å². The standard InChI is InChI=1S/C9H16O9/c10-2-3(11)1-4(12)5(13)6(14)7(15)8(16)9(17)18/h2-8,11-16H,1H2,(H,17,18)/t3-,4-,5-,6+,7+,8?/m1/s1. The van der Waals surface area contributed by atoms with Gasteiger partial charge < -0.3 is 40.5 Å². The maximum atomic E-state index is 10.3. The van der Waals surface area contributed by atoms with Gasteiger partial charge >= 0.3 is 5.97 Å². The summed E-state index contributed by atoms with van der Waals surface area (Å²) in [4.78, 5) is 20.4. The average Bonchev–Trinajstić information content (AvgIpc) is 2.34. The van der Waals surface area contributed by atoms with Crippen molar-refractivity contribution in [3.63, 3.8) is 0 Å². The SMILES string of the molecule is O=C[C@H](O)C[C@@H](O)[C@@H](O)[C@H](O)[C@H](O)C(O)C(=O)O. The number of carbonyl (C=O) groups is 2. The number of carboxylic acid groups (broad SMARTS) is 1. The Hall–Kier alpha value is -1.10. The molecule has 7 N–H and O–H groups in total. The lowest BCUT2D eigenvalue weighted by molar-refractivity contribution is -0.169. The van der Waals surface area contributed by atoms with Gasteiger partial charge in [-0.3, -0.25) is 0 Å². The number of hydrogen-bond donors (Lipinski definition) is 7. The van der Waals surface area contributed by atoms with E-state index in [9.17, 15) is 30.0 Å². The van der Waals surface area contributed by atoms with Crippen LogP contribution in [0.25, 0.3) is 0 Å². The topological polar surface area (TPSA) is 176 Å². The van der Waals surface area contributed by atoms with Gasteiger partial charge in [-0.05, 0) is 0 Å². The highest BCUT2D eigenvalue weighted by Gasteiger charge is 2.37. The highest BCUT2D eigenvalue weighted by molar-refractivity contribution is 5.72. The van der Waals surface area contributed by atoms with E-state index in [1.807, 2.05) is 0 Å². The first kappa shape index (κ1) is 16.9. The second-order valence-corrected chi connectivity index (χ2v) is 3.76. The normalized spacial score (nSPS) is 21.4. The van der Waals surface area contributed by atoms with E-state index in [1.54, 1.807) is 0 Å². The van der Waals surface area contributed by atoms with Crippen LogP contribution in [-0.2, 0) is 9.59 Å². The molecule has 0 aromatic rings. The molecular formula is C9H16O9. The summed E-state index contributed by atoms with van der Waals surface area (Å²) >= 11 is 0. The fraction of sp³-hybridized carbons (Fsp3) is 0.778. The summed E-state index contributed by atoms with van der Waals surface area (Å²) in [7, 11) is 0. The summed E-state index contributed by atoms with van der Waals surface area (Å²) in [6, 6.07) is 0. The first-order valence-corrected chi connectivity index (χ1v) is 4.98. The third-order valence-electron chi connectivity index (χ3n) is 2.31. The van der Waals surface area contributed by atoms with Crippen LogP contribution in [0.3, 0.4) is 0 Å². The molecule has 0 aliphatic rings. The Morgan fingerprint density at radius 1 is 0.944 bits per heavy atom. The van der Waals surface area contributed by atoms with E-state index in [0.717, 1.165) is 0 Å². The van der Waals surface area contributed by atoms with E-state index in [-0.39, 0.29) is 6.29 Å². The first-order chi connectivity index (χ1) is 8.22. The van der Waals surface area contributed by atoms with Crippen molar-refractivity contribution in [1.29, 1.82) is 0 Å². The molecule has 0 bridgehead atoms. The molecule has 0 aromatic carbocycles. The zero-order valence-electron chi connectivity index (χ0n) is 9.20. The minimum Gasteiger partial charge on any atom is -0.479 e. The molecule has 9 nitrogen and oxygen atoms in total. The van der Waals surface area contributed by atoms with Gasteiger partial charge in [-0.1, -0.05) is 0 Å². The fourth-order valence-corrected chi connectivity index (χ4v) is 1.20. The Labute approximate surface area is 102 Å². The zero-order valence-corrected chi connectivity index (χ0v) is 9.20. The largest absolute Gasteiger partial charge is 0.479 e. The molecule has 0 spiro atoms. The summed E-state index contributed by atoms with van der Waals surface area (Å²) < 4.78 is 0. The number of carbonyl (C=O) groups excluding carboxylic acids is 1. The van der Waals surface area contributed by atoms with Gasteiger partial charge in [-0.2, -0.15) is 0 Å². The van der Waals surface area contributed by atoms with Crippen molar-refractivity contribution in [2.75, 3.05) is 0 Å². The van der Waals surface area contributed by atoms with Gasteiger partial charge in [0.25, 0.3) is 0 Å². The number of aliphatic hydroxyl groups excluding tert-OH is 6. The van der Waals surface area contributed by atoms with E-state index in [4.69, 9.17) is 15.3 Å². The first-order valence-electron chi connectivity index (χ1n) is 4.98. The van der Waals surface area contributed by atoms with Crippen LogP contribution in [-0.4, -0.2) is 84.6 Å². The minimum absolute atomic E-state index is 0.0881. The van der Waals surface area contributed by atoms with Gasteiger partial charge in [0.05, 0.1) is 6.10 Å². The van der Waals surface area contributed by atoms with Crippen molar-refractivity contribution in [3.8, 4) is 0 Å². The Balaban J connectivity index is 4.52. The molecule has 0 saturated carbocycles. The number of aliphatic carboxylic acids is 1. The Bertz CT molecular complexity index is 281. The second-order valence-electron chi connectivity index (χ2n) is 3.76. The molecule has 0 saturated heterocycles. The Morgan fingerprint density at radius 2 is 1.44 bits per heavy atom. The molecule has 0 amide bonds. The van der Waals surface area contributed by atoms with Crippen LogP contribution in [0.4, 0.5) is 0 Å². The third-order valence-corrected chi connectivity index (χ3v) is 2.31. The van der Waals surface area contributed by atoms with Gasteiger partial charge in [-0.15, -0.1) is 0 Å². The number of aldehydes is 1. The molecule has 0 radical (unpaired) electrons. The fourth-order valence-electron chi connectivity index (χ4n) is 1.20. The zero-order chi connectivity index (χ0) is 14.5. The molecular weight excluding hydrogens is 252 g/mol. The number of aliphatic hydroxyl groups is 6. The molecule has 0 heterocycles. The van der Waals surface area contributed by atoms with Crippen LogP contribution in [0.1, 0.15) is 6.42 Å². The summed E-state index contributed by atoms with van der Waals surface area (Å²) in [6.45, 7) is 0. The van der Waals surface area contributed by atoms with E-state index >= 15 is 0 Å². The number of hydrogen-bond acceptors (Lipinski definition) is 8. The lowest BCUT2D eigenvalue weighted by Gasteiger charge is -2.28. The summed E-state index contributed by atoms with van der Waals surface area (Å²) in [5.74, 6) is -1.82. The van der Waals surface area contributed by atoms with Crippen LogP contribution < -0.4 is 0 Å². The Kier molecular flexibility index (Phi) is 6.91. The van der Waals surface area contributed by atoms with E-state index in [1.165, 1.54) is 0 Å². The van der Waals surface area contributed by atoms with Gasteiger partial charge in [0.15, 0.2) is 6.10 Å². The van der Waals surface area contributed by atoms with Crippen LogP contribution in [0.2, 0.25) is 0 Å². The van der Waals surface area contributed by atoms with Gasteiger partial charge in [-0.25, -0.2) is 4.79 Å². The molecule has 106 valence electrons. The predicted molar refractivity (Wildman–Crippen MR) is 54.4 cm³/mol. The average molecular weight is 268 g/mol. The molecule has 18 heavy (non-hydrogen) atoms. The van der Waals surface area contributed by atoms with Crippen molar-refractivity contribution in [2.24, 2.45) is 0 Å². The lowest BCUT2D eigenvalue weighted by Crippen LogP contribution is -2.51. The van der Waals surface area contributed by atoms with E-state index < -0.39 is 49.0 Å². The molecule has 0 fully saturated rings. The highest BCUT2D eigenvalue weighted by atomic mass is 16.4. The second kappa shape index (κ2) is 7.36. The van der Waals surface area contributed by atoms with E-state index in [0.29, 0.717) is 0 Å². The van der Waals surface area contributed by atoms with Gasteiger partial charge in [0.2, 0.25) is 0 Å². The monoisotopic (exact) mass is 268 g/mol. The van der Waals surface area contributed by atoms with Crippen molar-refractivity contribution in [2.45, 2.75) is 43.0 Å². The van der Waals surface area contributed by atoms with Gasteiger partial charge in [0, 0.05) is 6.42 Å². The molecule has 0 aromatic heterocycles. The van der Waals surface area contributed by atoms with Crippen LogP contribution in [0, 0.1) is 0 Å². The van der Waals surface area contributed by atoms with Crippen LogP contribution in [0.15, 0.2) is 0 Å². The van der Waals surface area contributed by atoms with Crippen LogP contribution in [0.5, 0.6) is 0 Å². The maximum Gasteiger partial charge on any atom is 0.335 e. The molecule has 9 heteroatoms. The van der Waals surface area contributed by atoms with Gasteiger partial charge in [0.1, 0.15) is 30.7 Å². The van der Waals surface area contributed by atoms with Crippen molar-refractivity contribution in [1.82, 2.24) is 0 Å². The smallest absolute Gasteiger partial charge is 0.335 e. The van der Waals surface area contributed by atoms with Crippen molar-refractivity contribution in [3.05, 3.63) is 0 Å². The van der Waals surface area contributed by atoms with Crippen molar-refractivity contribution < 1.29 is 45.3 Å². The summed E-state index contributed by atoms with van der Waals surface area (Å²) in [5, 5.41) is 63.3. The third kappa shape index (κ3) is 4.64. The minimum atomic E-state index is -2.35. The van der Waals surface area contributed by atoms with E-state index in [2.05, 4.69) is 0 Å². The summed E-state index contributed by atoms with van der Waals surface area (Å²) in [6.07, 6.45) is -12.7. The molecule has 0 aliphatic heterocycles. The number of rotatable bonds is 8. The maximum absolute atomic E-state index is 10.3. The molecule has 6 atom stereocenters. The van der Waals surface area contributed by atoms with Crippen molar-refractivity contribution >= 4 is 12.3 Å². The summed E-state index contributed by atoms with van der Waals surface area (Å²) in [5.41, 5.74) is 0. The number of carboxylic acids is 1.